The quantitative estimate of drug-likeness (QED) is 0.663. The SMILES string of the molecule is O=C(O)Cc1cnc(F)c(CCl)c1C(F)F. The van der Waals surface area contributed by atoms with E-state index >= 15 is 0 Å². The van der Waals surface area contributed by atoms with E-state index in [9.17, 15) is 18.0 Å². The molecule has 0 aliphatic heterocycles. The van der Waals surface area contributed by atoms with Crippen LogP contribution in [0.3, 0.4) is 0 Å². The Kier molecular flexibility index (Phi) is 4.12. The molecule has 88 valence electrons. The van der Waals surface area contributed by atoms with Crippen molar-refractivity contribution in [3.63, 3.8) is 0 Å². The van der Waals surface area contributed by atoms with E-state index in [1.54, 1.807) is 0 Å². The molecule has 1 N–H and O–H groups in total. The van der Waals surface area contributed by atoms with E-state index in [0.717, 1.165) is 6.20 Å². The van der Waals surface area contributed by atoms with Crippen molar-refractivity contribution in [1.29, 1.82) is 0 Å². The van der Waals surface area contributed by atoms with Crippen molar-refractivity contribution in [2.45, 2.75) is 18.7 Å². The van der Waals surface area contributed by atoms with Gasteiger partial charge in [0.15, 0.2) is 0 Å². The van der Waals surface area contributed by atoms with Crippen molar-refractivity contribution in [3.05, 3.63) is 28.8 Å². The predicted octanol–water partition coefficient (Wildman–Crippen LogP) is 2.52. The van der Waals surface area contributed by atoms with Gasteiger partial charge in [0.05, 0.1) is 12.3 Å². The molecule has 0 fully saturated rings. The normalized spacial score (nSPS) is 10.8. The summed E-state index contributed by atoms with van der Waals surface area (Å²) in [5, 5.41) is 8.51. The van der Waals surface area contributed by atoms with Crippen molar-refractivity contribution >= 4 is 17.6 Å². The van der Waals surface area contributed by atoms with Crippen LogP contribution in [0, 0.1) is 5.95 Å². The van der Waals surface area contributed by atoms with E-state index in [4.69, 9.17) is 16.7 Å². The lowest BCUT2D eigenvalue weighted by Crippen LogP contribution is -2.09. The van der Waals surface area contributed by atoms with E-state index in [2.05, 4.69) is 4.98 Å². The lowest BCUT2D eigenvalue weighted by atomic mass is 10.0. The maximum Gasteiger partial charge on any atom is 0.307 e. The van der Waals surface area contributed by atoms with E-state index in [1.807, 2.05) is 0 Å². The molecular weight excluding hydrogens is 247 g/mol. The minimum atomic E-state index is -2.99. The molecule has 0 aromatic carbocycles. The molecule has 3 nitrogen and oxygen atoms in total. The minimum absolute atomic E-state index is 0.223. The number of aromatic nitrogens is 1. The first kappa shape index (κ1) is 12.8. The van der Waals surface area contributed by atoms with Crippen molar-refractivity contribution in [2.75, 3.05) is 0 Å². The molecule has 0 atom stereocenters. The van der Waals surface area contributed by atoms with E-state index in [0.29, 0.717) is 0 Å². The molecule has 1 aromatic heterocycles. The average Bonchev–Trinajstić information content (AvgIpc) is 2.18. The molecule has 0 unspecified atom stereocenters. The molecular formula is C9H7ClF3NO2. The summed E-state index contributed by atoms with van der Waals surface area (Å²) in [5.41, 5.74) is -1.35. The molecule has 0 aliphatic rings. The van der Waals surface area contributed by atoms with Crippen LogP contribution in [0.25, 0.3) is 0 Å². The summed E-state index contributed by atoms with van der Waals surface area (Å²) in [6.07, 6.45) is -2.83. The Bertz CT molecular complexity index is 412. The van der Waals surface area contributed by atoms with Crippen LogP contribution in [0.5, 0.6) is 0 Å². The van der Waals surface area contributed by atoms with Crippen LogP contribution >= 0.6 is 11.6 Å². The monoisotopic (exact) mass is 253 g/mol. The molecule has 1 heterocycles. The average molecular weight is 254 g/mol. The molecule has 0 saturated carbocycles. The number of aliphatic carboxylic acids is 1. The Balaban J connectivity index is 3.32. The number of halogens is 4. The largest absolute Gasteiger partial charge is 0.481 e. The van der Waals surface area contributed by atoms with Crippen LogP contribution in [-0.4, -0.2) is 16.1 Å². The molecule has 7 heteroatoms. The van der Waals surface area contributed by atoms with E-state index in [1.165, 1.54) is 0 Å². The Morgan fingerprint density at radius 2 is 2.19 bits per heavy atom. The number of hydrogen-bond acceptors (Lipinski definition) is 2. The third kappa shape index (κ3) is 2.63. The Morgan fingerprint density at radius 3 is 2.62 bits per heavy atom. The molecule has 16 heavy (non-hydrogen) atoms. The molecule has 0 bridgehead atoms. The summed E-state index contributed by atoms with van der Waals surface area (Å²) in [4.78, 5) is 13.6. The van der Waals surface area contributed by atoms with Crippen LogP contribution in [0.2, 0.25) is 0 Å². The highest BCUT2D eigenvalue weighted by atomic mass is 35.5. The van der Waals surface area contributed by atoms with E-state index < -0.39 is 41.8 Å². The highest BCUT2D eigenvalue weighted by molar-refractivity contribution is 6.17. The van der Waals surface area contributed by atoms with Gasteiger partial charge in [-0.2, -0.15) is 4.39 Å². The van der Waals surface area contributed by atoms with Crippen molar-refractivity contribution in [2.24, 2.45) is 0 Å². The molecule has 1 aromatic rings. The number of alkyl halides is 3. The van der Waals surface area contributed by atoms with Crippen LogP contribution in [-0.2, 0) is 17.1 Å². The summed E-state index contributed by atoms with van der Waals surface area (Å²) in [6, 6.07) is 0. The summed E-state index contributed by atoms with van der Waals surface area (Å²) < 4.78 is 38.4. The Hall–Kier alpha value is -1.30. The number of carbonyl (C=O) groups is 1. The molecule has 1 rings (SSSR count). The zero-order valence-electron chi connectivity index (χ0n) is 7.88. The second kappa shape index (κ2) is 5.16. The Morgan fingerprint density at radius 1 is 1.56 bits per heavy atom. The van der Waals surface area contributed by atoms with Crippen LogP contribution in [0.4, 0.5) is 13.2 Å². The summed E-state index contributed by atoms with van der Waals surface area (Å²) in [5.74, 6) is -2.87. The Labute approximate surface area is 93.9 Å². The topological polar surface area (TPSA) is 50.2 Å². The van der Waals surface area contributed by atoms with Crippen molar-refractivity contribution < 1.29 is 23.1 Å². The number of pyridine rings is 1. The van der Waals surface area contributed by atoms with Gasteiger partial charge in [-0.05, 0) is 5.56 Å². The van der Waals surface area contributed by atoms with Crippen LogP contribution < -0.4 is 0 Å². The zero-order chi connectivity index (χ0) is 12.3. The second-order valence-electron chi connectivity index (χ2n) is 2.97. The minimum Gasteiger partial charge on any atom is -0.481 e. The summed E-state index contributed by atoms with van der Waals surface area (Å²) in [6.45, 7) is 0. The number of carboxylic acids is 1. The fraction of sp³-hybridized carbons (Fsp3) is 0.333. The van der Waals surface area contributed by atoms with Gasteiger partial charge in [-0.25, -0.2) is 13.8 Å². The third-order valence-corrected chi connectivity index (χ3v) is 2.21. The van der Waals surface area contributed by atoms with Gasteiger partial charge in [0.1, 0.15) is 0 Å². The highest BCUT2D eigenvalue weighted by Gasteiger charge is 2.22. The van der Waals surface area contributed by atoms with Gasteiger partial charge in [0.25, 0.3) is 6.43 Å². The smallest absolute Gasteiger partial charge is 0.307 e. The van der Waals surface area contributed by atoms with Crippen molar-refractivity contribution in [3.8, 4) is 0 Å². The molecule has 0 saturated heterocycles. The standard InChI is InChI=1S/C9H7ClF3NO2/c10-2-5-7(8(11)12)4(1-6(15)16)3-14-9(5)13/h3,8H,1-2H2,(H,15,16). The highest BCUT2D eigenvalue weighted by Crippen LogP contribution is 2.29. The van der Waals surface area contributed by atoms with Crippen molar-refractivity contribution in [1.82, 2.24) is 4.98 Å². The second-order valence-corrected chi connectivity index (χ2v) is 3.24. The predicted molar refractivity (Wildman–Crippen MR) is 50.0 cm³/mol. The molecule has 0 amide bonds. The molecule has 0 spiro atoms. The lowest BCUT2D eigenvalue weighted by molar-refractivity contribution is -0.136. The number of carboxylic acid groups (broad SMARTS) is 1. The van der Waals surface area contributed by atoms with E-state index in [-0.39, 0.29) is 5.56 Å². The van der Waals surface area contributed by atoms with Gasteiger partial charge in [0.2, 0.25) is 5.95 Å². The molecule has 0 aliphatic carbocycles. The van der Waals surface area contributed by atoms with Crippen LogP contribution in [0.15, 0.2) is 6.20 Å². The van der Waals surface area contributed by atoms with Crippen LogP contribution in [0.1, 0.15) is 23.1 Å². The first-order valence-corrected chi connectivity index (χ1v) is 4.72. The number of hydrogen-bond donors (Lipinski definition) is 1. The zero-order valence-corrected chi connectivity index (χ0v) is 8.64. The van der Waals surface area contributed by atoms with Gasteiger partial charge in [0, 0.05) is 17.3 Å². The van der Waals surface area contributed by atoms with Gasteiger partial charge in [-0.1, -0.05) is 0 Å². The lowest BCUT2D eigenvalue weighted by Gasteiger charge is -2.11. The number of nitrogens with zero attached hydrogens (tertiary/aromatic N) is 1. The fourth-order valence-corrected chi connectivity index (χ4v) is 1.54. The first-order valence-electron chi connectivity index (χ1n) is 4.19. The molecule has 0 radical (unpaired) electrons. The fourth-order valence-electron chi connectivity index (χ4n) is 1.29. The maximum atomic E-state index is 13.1. The first-order chi connectivity index (χ1) is 7.47. The summed E-state index contributed by atoms with van der Waals surface area (Å²) in [7, 11) is 0. The van der Waals surface area contributed by atoms with Gasteiger partial charge in [-0.3, -0.25) is 4.79 Å². The third-order valence-electron chi connectivity index (χ3n) is 1.95. The number of rotatable bonds is 4. The van der Waals surface area contributed by atoms with Gasteiger partial charge < -0.3 is 5.11 Å². The summed E-state index contributed by atoms with van der Waals surface area (Å²) >= 11 is 5.33. The van der Waals surface area contributed by atoms with Gasteiger partial charge >= 0.3 is 5.97 Å². The maximum absolute atomic E-state index is 13.1. The van der Waals surface area contributed by atoms with Gasteiger partial charge in [-0.15, -0.1) is 11.6 Å².